The molecular formula is C23H29N3O5S. The molecule has 2 aliphatic rings. The average molecular weight is 460 g/mol. The molecular weight excluding hydrogens is 430 g/mol. The number of rotatable bonds is 7. The topological polar surface area (TPSA) is 97.0 Å². The van der Waals surface area contributed by atoms with Crippen LogP contribution in [0.15, 0.2) is 47.4 Å². The first-order chi connectivity index (χ1) is 15.5. The van der Waals surface area contributed by atoms with E-state index in [1.165, 1.54) is 13.2 Å². The van der Waals surface area contributed by atoms with E-state index in [1.54, 1.807) is 36.4 Å². The van der Waals surface area contributed by atoms with Gasteiger partial charge in [0.25, 0.3) is 15.9 Å². The van der Waals surface area contributed by atoms with Crippen LogP contribution in [0.5, 0.6) is 5.75 Å². The van der Waals surface area contributed by atoms with Crippen LogP contribution in [-0.4, -0.2) is 47.2 Å². The molecule has 2 saturated heterocycles. The Morgan fingerprint density at radius 3 is 2.59 bits per heavy atom. The van der Waals surface area contributed by atoms with E-state index in [9.17, 15) is 13.2 Å². The van der Waals surface area contributed by atoms with Crippen molar-refractivity contribution in [3.63, 3.8) is 0 Å². The van der Waals surface area contributed by atoms with Crippen molar-refractivity contribution >= 4 is 33.0 Å². The Labute approximate surface area is 189 Å². The molecule has 0 spiro atoms. The summed E-state index contributed by atoms with van der Waals surface area (Å²) in [5.41, 5.74) is 1.40. The lowest BCUT2D eigenvalue weighted by molar-refractivity contribution is -0.124. The second-order valence-corrected chi connectivity index (χ2v) is 9.68. The van der Waals surface area contributed by atoms with Gasteiger partial charge in [0.1, 0.15) is 16.7 Å². The number of sulfonamides is 1. The molecule has 8 nitrogen and oxygen atoms in total. The molecule has 2 heterocycles. The summed E-state index contributed by atoms with van der Waals surface area (Å²) in [6.45, 7) is 2.14. The summed E-state index contributed by atoms with van der Waals surface area (Å²) >= 11 is 0. The summed E-state index contributed by atoms with van der Waals surface area (Å²) in [7, 11) is -2.46. The van der Waals surface area contributed by atoms with Gasteiger partial charge in [-0.1, -0.05) is 12.1 Å². The molecule has 1 atom stereocenters. The molecule has 1 unspecified atom stereocenters. The average Bonchev–Trinajstić information content (AvgIpc) is 3.35. The van der Waals surface area contributed by atoms with Crippen LogP contribution in [0.1, 0.15) is 32.1 Å². The van der Waals surface area contributed by atoms with Gasteiger partial charge in [0.15, 0.2) is 0 Å². The highest BCUT2D eigenvalue weighted by Gasteiger charge is 2.27. The van der Waals surface area contributed by atoms with Crippen LogP contribution in [0.2, 0.25) is 0 Å². The number of hydrogen-bond acceptors (Lipinski definition) is 6. The molecule has 2 aliphatic heterocycles. The van der Waals surface area contributed by atoms with Crippen LogP contribution in [0.4, 0.5) is 17.1 Å². The molecule has 1 amide bonds. The standard InChI is InChI=1S/C23H29N3O5S/c1-30-20-9-4-3-8-18(20)25-32(28,29)22-16-17(24-23(27)21-10-7-15-31-21)11-12-19(22)26-13-5-2-6-14-26/h3-4,8-9,11-12,16,21,25H,2,5-7,10,13-15H2,1H3,(H,24,27). The molecule has 0 aliphatic carbocycles. The van der Waals surface area contributed by atoms with Crippen molar-refractivity contribution in [1.82, 2.24) is 0 Å². The van der Waals surface area contributed by atoms with Crippen molar-refractivity contribution in [3.8, 4) is 5.75 Å². The number of ether oxygens (including phenoxy) is 2. The van der Waals surface area contributed by atoms with E-state index in [2.05, 4.69) is 14.9 Å². The predicted molar refractivity (Wildman–Crippen MR) is 124 cm³/mol. The summed E-state index contributed by atoms with van der Waals surface area (Å²) in [4.78, 5) is 14.7. The van der Waals surface area contributed by atoms with Crippen LogP contribution >= 0.6 is 0 Å². The van der Waals surface area contributed by atoms with Gasteiger partial charge in [-0.25, -0.2) is 8.42 Å². The molecule has 172 valence electrons. The number of methoxy groups -OCH3 is 1. The minimum absolute atomic E-state index is 0.121. The molecule has 0 bridgehead atoms. The highest BCUT2D eigenvalue weighted by molar-refractivity contribution is 7.93. The third-order valence-corrected chi connectivity index (χ3v) is 7.18. The molecule has 0 aromatic heterocycles. The maximum Gasteiger partial charge on any atom is 0.264 e. The third kappa shape index (κ3) is 4.99. The van der Waals surface area contributed by atoms with Crippen LogP contribution in [-0.2, 0) is 19.6 Å². The van der Waals surface area contributed by atoms with Crippen molar-refractivity contribution in [2.24, 2.45) is 0 Å². The maximum absolute atomic E-state index is 13.5. The number of para-hydroxylation sites is 2. The maximum atomic E-state index is 13.5. The van der Waals surface area contributed by atoms with Gasteiger partial charge in [0.05, 0.1) is 18.5 Å². The first-order valence-electron chi connectivity index (χ1n) is 11.0. The van der Waals surface area contributed by atoms with Gasteiger partial charge in [-0.05, 0) is 62.4 Å². The SMILES string of the molecule is COc1ccccc1NS(=O)(=O)c1cc(NC(=O)C2CCCO2)ccc1N1CCCCC1. The first-order valence-corrected chi connectivity index (χ1v) is 12.4. The Morgan fingerprint density at radius 2 is 1.88 bits per heavy atom. The molecule has 2 aromatic carbocycles. The minimum atomic E-state index is -3.96. The highest BCUT2D eigenvalue weighted by Crippen LogP contribution is 2.34. The summed E-state index contributed by atoms with van der Waals surface area (Å²) in [6, 6.07) is 11.9. The Morgan fingerprint density at radius 1 is 1.09 bits per heavy atom. The number of nitrogens with zero attached hydrogens (tertiary/aromatic N) is 1. The van der Waals surface area contributed by atoms with Gasteiger partial charge in [0, 0.05) is 25.4 Å². The fourth-order valence-electron chi connectivity index (χ4n) is 4.14. The Balaban J connectivity index is 1.68. The summed E-state index contributed by atoms with van der Waals surface area (Å²) in [5.74, 6) is 0.174. The molecule has 2 N–H and O–H groups in total. The molecule has 0 radical (unpaired) electrons. The van der Waals surface area contributed by atoms with E-state index in [4.69, 9.17) is 9.47 Å². The molecule has 2 fully saturated rings. The zero-order valence-electron chi connectivity index (χ0n) is 18.2. The molecule has 0 saturated carbocycles. The van der Waals surface area contributed by atoms with Crippen LogP contribution in [0.25, 0.3) is 0 Å². The van der Waals surface area contributed by atoms with E-state index in [-0.39, 0.29) is 10.8 Å². The van der Waals surface area contributed by atoms with Gasteiger partial charge < -0.3 is 19.7 Å². The summed E-state index contributed by atoms with van der Waals surface area (Å²) in [5, 5.41) is 2.81. The van der Waals surface area contributed by atoms with Crippen molar-refractivity contribution in [3.05, 3.63) is 42.5 Å². The zero-order chi connectivity index (χ0) is 22.6. The van der Waals surface area contributed by atoms with E-state index < -0.39 is 16.1 Å². The number of anilines is 3. The van der Waals surface area contributed by atoms with Crippen molar-refractivity contribution in [2.45, 2.75) is 43.1 Å². The van der Waals surface area contributed by atoms with Crippen molar-refractivity contribution in [1.29, 1.82) is 0 Å². The number of benzene rings is 2. The Kier molecular flexibility index (Phi) is 6.86. The zero-order valence-corrected chi connectivity index (χ0v) is 19.0. The third-order valence-electron chi connectivity index (χ3n) is 5.79. The lowest BCUT2D eigenvalue weighted by Crippen LogP contribution is -2.31. The van der Waals surface area contributed by atoms with E-state index in [0.29, 0.717) is 35.8 Å². The molecule has 2 aromatic rings. The van der Waals surface area contributed by atoms with E-state index in [0.717, 1.165) is 38.8 Å². The van der Waals surface area contributed by atoms with Crippen LogP contribution in [0, 0.1) is 0 Å². The van der Waals surface area contributed by atoms with Gasteiger partial charge >= 0.3 is 0 Å². The summed E-state index contributed by atoms with van der Waals surface area (Å²) < 4.78 is 40.4. The van der Waals surface area contributed by atoms with Crippen LogP contribution in [0.3, 0.4) is 0 Å². The second-order valence-electron chi connectivity index (χ2n) is 8.03. The second kappa shape index (κ2) is 9.79. The Hall–Kier alpha value is -2.78. The number of carbonyl (C=O) groups excluding carboxylic acids is 1. The Bertz CT molecular complexity index is 1060. The van der Waals surface area contributed by atoms with Gasteiger partial charge in [0.2, 0.25) is 0 Å². The smallest absolute Gasteiger partial charge is 0.264 e. The quantitative estimate of drug-likeness (QED) is 0.657. The number of carbonyl (C=O) groups is 1. The van der Waals surface area contributed by atoms with Gasteiger partial charge in [-0.2, -0.15) is 0 Å². The molecule has 4 rings (SSSR count). The normalized spacial score (nSPS) is 18.9. The number of nitrogens with one attached hydrogen (secondary N) is 2. The van der Waals surface area contributed by atoms with Gasteiger partial charge in [-0.3, -0.25) is 9.52 Å². The fourth-order valence-corrected chi connectivity index (χ4v) is 5.46. The molecule has 9 heteroatoms. The monoisotopic (exact) mass is 459 g/mol. The summed E-state index contributed by atoms with van der Waals surface area (Å²) in [6.07, 6.45) is 4.16. The number of piperidine rings is 1. The van der Waals surface area contributed by atoms with E-state index >= 15 is 0 Å². The van der Waals surface area contributed by atoms with Crippen LogP contribution < -0.4 is 19.7 Å². The minimum Gasteiger partial charge on any atom is -0.495 e. The lowest BCUT2D eigenvalue weighted by Gasteiger charge is -2.30. The van der Waals surface area contributed by atoms with Gasteiger partial charge in [-0.15, -0.1) is 0 Å². The van der Waals surface area contributed by atoms with Crippen molar-refractivity contribution < 1.29 is 22.7 Å². The van der Waals surface area contributed by atoms with E-state index in [1.807, 2.05) is 0 Å². The highest BCUT2D eigenvalue weighted by atomic mass is 32.2. The predicted octanol–water partition coefficient (Wildman–Crippen LogP) is 3.60. The molecule has 32 heavy (non-hydrogen) atoms. The number of hydrogen-bond donors (Lipinski definition) is 2. The lowest BCUT2D eigenvalue weighted by atomic mass is 10.1. The first kappa shape index (κ1) is 22.4. The fraction of sp³-hybridized carbons (Fsp3) is 0.435. The largest absolute Gasteiger partial charge is 0.495 e. The van der Waals surface area contributed by atoms with Crippen molar-refractivity contribution in [2.75, 3.05) is 41.7 Å². The number of amides is 1.